The molecule has 9 heteroatoms. The van der Waals surface area contributed by atoms with Crippen molar-refractivity contribution in [1.29, 1.82) is 0 Å². The van der Waals surface area contributed by atoms with Gasteiger partial charge in [0.15, 0.2) is 6.29 Å². The van der Waals surface area contributed by atoms with E-state index in [9.17, 15) is 20.4 Å². The predicted molar refractivity (Wildman–Crippen MR) is 95.2 cm³/mol. The van der Waals surface area contributed by atoms with Gasteiger partial charge in [0.05, 0.1) is 13.2 Å². The number of nitrogens with zero attached hydrogens (tertiary/aromatic N) is 3. The maximum Gasteiger partial charge on any atom is 0.186 e. The Morgan fingerprint density at radius 3 is 2.07 bits per heavy atom. The van der Waals surface area contributed by atoms with E-state index in [1.54, 1.807) is 12.4 Å². The maximum atomic E-state index is 10.0. The zero-order valence-electron chi connectivity index (χ0n) is 14.6. The van der Waals surface area contributed by atoms with Gasteiger partial charge < -0.3 is 34.8 Å². The van der Waals surface area contributed by atoms with Gasteiger partial charge in [0, 0.05) is 18.9 Å². The Labute approximate surface area is 156 Å². The van der Waals surface area contributed by atoms with Gasteiger partial charge >= 0.3 is 0 Å². The van der Waals surface area contributed by atoms with Crippen molar-refractivity contribution in [3.8, 4) is 0 Å². The first-order valence-corrected chi connectivity index (χ1v) is 8.63. The summed E-state index contributed by atoms with van der Waals surface area (Å²) >= 11 is 0. The number of anilines is 2. The zero-order valence-corrected chi connectivity index (χ0v) is 14.6. The molecule has 9 nitrogen and oxygen atoms in total. The van der Waals surface area contributed by atoms with Crippen LogP contribution in [-0.4, -0.2) is 80.9 Å². The second-order valence-electron chi connectivity index (χ2n) is 6.10. The van der Waals surface area contributed by atoms with Gasteiger partial charge in [-0.1, -0.05) is 12.1 Å². The van der Waals surface area contributed by atoms with Crippen molar-refractivity contribution in [3.63, 3.8) is 0 Å². The third kappa shape index (κ3) is 4.59. The number of aliphatic hydroxyl groups is 4. The molecule has 0 amide bonds. The van der Waals surface area contributed by atoms with E-state index in [-0.39, 0.29) is 6.61 Å². The normalized spacial score (nSPS) is 28.1. The van der Waals surface area contributed by atoms with Gasteiger partial charge in [-0.05, 0) is 24.3 Å². The minimum absolute atomic E-state index is 0.121. The van der Waals surface area contributed by atoms with Crippen LogP contribution in [0.5, 0.6) is 0 Å². The molecule has 0 unspecified atom stereocenters. The van der Waals surface area contributed by atoms with E-state index in [1.165, 1.54) is 0 Å². The van der Waals surface area contributed by atoms with Crippen LogP contribution < -0.4 is 4.90 Å². The molecule has 146 valence electrons. The van der Waals surface area contributed by atoms with Crippen LogP contribution in [0.4, 0.5) is 11.6 Å². The minimum atomic E-state index is -1.47. The largest absolute Gasteiger partial charge is 0.394 e. The van der Waals surface area contributed by atoms with Crippen molar-refractivity contribution >= 4 is 11.6 Å². The Morgan fingerprint density at radius 1 is 0.926 bits per heavy atom. The summed E-state index contributed by atoms with van der Waals surface area (Å²) in [6.45, 7) is -0.0301. The number of hydrogen-bond acceptors (Lipinski definition) is 9. The Balaban J connectivity index is 1.66. The third-order valence-electron chi connectivity index (χ3n) is 4.30. The lowest BCUT2D eigenvalue weighted by molar-refractivity contribution is -0.300. The standard InChI is InChI=1S/C18H23N3O6/c22-11-12-15(23)16(24)17(25)18(27-12)26-10-9-21(13-5-1-3-7-19-13)14-6-2-4-8-20-14/h1-8,12,15-18,22-25H,9-11H2/t12-,15-,16+,17-,18-/m1/s1. The molecule has 2 aromatic rings. The van der Waals surface area contributed by atoms with Gasteiger partial charge in [0.2, 0.25) is 0 Å². The number of hydrogen-bond donors (Lipinski definition) is 4. The van der Waals surface area contributed by atoms with Crippen LogP contribution >= 0.6 is 0 Å². The zero-order chi connectivity index (χ0) is 19.2. The van der Waals surface area contributed by atoms with Crippen LogP contribution in [0, 0.1) is 0 Å². The van der Waals surface area contributed by atoms with Crippen LogP contribution in [-0.2, 0) is 9.47 Å². The number of aromatic nitrogens is 2. The number of pyridine rings is 2. The van der Waals surface area contributed by atoms with Crippen molar-refractivity contribution in [1.82, 2.24) is 9.97 Å². The van der Waals surface area contributed by atoms with Crippen molar-refractivity contribution < 1.29 is 29.9 Å². The summed E-state index contributed by atoms with van der Waals surface area (Å²) < 4.78 is 10.9. The van der Waals surface area contributed by atoms with Gasteiger partial charge in [-0.25, -0.2) is 9.97 Å². The van der Waals surface area contributed by atoms with Crippen LogP contribution in [0.25, 0.3) is 0 Å². The van der Waals surface area contributed by atoms with E-state index in [4.69, 9.17) is 9.47 Å². The van der Waals surface area contributed by atoms with Crippen LogP contribution in [0.3, 0.4) is 0 Å². The Hall–Kier alpha value is -2.14. The average molecular weight is 377 g/mol. The van der Waals surface area contributed by atoms with Gasteiger partial charge in [-0.3, -0.25) is 0 Å². The van der Waals surface area contributed by atoms with E-state index in [1.807, 2.05) is 41.3 Å². The van der Waals surface area contributed by atoms with Crippen LogP contribution in [0.2, 0.25) is 0 Å². The summed E-state index contributed by atoms with van der Waals surface area (Å²) in [5.74, 6) is 1.35. The van der Waals surface area contributed by atoms with E-state index < -0.39 is 37.3 Å². The fourth-order valence-electron chi connectivity index (χ4n) is 2.84. The Bertz CT molecular complexity index is 651. The molecule has 0 bridgehead atoms. The summed E-state index contributed by atoms with van der Waals surface area (Å²) in [6, 6.07) is 11.0. The van der Waals surface area contributed by atoms with Crippen LogP contribution in [0.1, 0.15) is 0 Å². The van der Waals surface area contributed by atoms with Crippen molar-refractivity contribution in [2.24, 2.45) is 0 Å². The molecule has 0 aromatic carbocycles. The first-order chi connectivity index (χ1) is 13.1. The first-order valence-electron chi connectivity index (χ1n) is 8.63. The minimum Gasteiger partial charge on any atom is -0.394 e. The smallest absolute Gasteiger partial charge is 0.186 e. The molecular weight excluding hydrogens is 354 g/mol. The van der Waals surface area contributed by atoms with Gasteiger partial charge in [-0.15, -0.1) is 0 Å². The summed E-state index contributed by atoms with van der Waals surface area (Å²) in [6.07, 6.45) is -3.15. The highest BCUT2D eigenvalue weighted by Gasteiger charge is 2.43. The summed E-state index contributed by atoms with van der Waals surface area (Å²) in [5, 5.41) is 38.9. The molecule has 1 saturated heterocycles. The molecule has 0 radical (unpaired) electrons. The molecule has 2 aromatic heterocycles. The first kappa shape index (κ1) is 19.6. The molecule has 1 fully saturated rings. The molecule has 4 N–H and O–H groups in total. The maximum absolute atomic E-state index is 10.0. The average Bonchev–Trinajstić information content (AvgIpc) is 2.72. The lowest BCUT2D eigenvalue weighted by Gasteiger charge is -2.39. The summed E-state index contributed by atoms with van der Waals surface area (Å²) in [7, 11) is 0. The molecule has 1 aliphatic rings. The van der Waals surface area contributed by atoms with E-state index in [0.29, 0.717) is 18.2 Å². The number of rotatable bonds is 7. The fourth-order valence-corrected chi connectivity index (χ4v) is 2.84. The number of aliphatic hydroxyl groups excluding tert-OH is 4. The monoisotopic (exact) mass is 377 g/mol. The van der Waals surface area contributed by atoms with Gasteiger partial charge in [0.25, 0.3) is 0 Å². The highest BCUT2D eigenvalue weighted by molar-refractivity contribution is 5.55. The highest BCUT2D eigenvalue weighted by Crippen LogP contribution is 2.23. The van der Waals surface area contributed by atoms with Gasteiger partial charge in [-0.2, -0.15) is 0 Å². The van der Waals surface area contributed by atoms with Gasteiger partial charge in [0.1, 0.15) is 36.1 Å². The lowest BCUT2D eigenvalue weighted by atomic mass is 9.99. The number of ether oxygens (including phenoxy) is 2. The summed E-state index contributed by atoms with van der Waals surface area (Å²) in [5.41, 5.74) is 0. The molecule has 1 aliphatic heterocycles. The molecular formula is C18H23N3O6. The Kier molecular flexibility index (Phi) is 6.67. The Morgan fingerprint density at radius 2 is 1.56 bits per heavy atom. The topological polar surface area (TPSA) is 128 Å². The summed E-state index contributed by atoms with van der Waals surface area (Å²) in [4.78, 5) is 10.5. The van der Waals surface area contributed by atoms with Crippen molar-refractivity contribution in [2.75, 3.05) is 24.7 Å². The molecule has 3 rings (SSSR count). The molecule has 3 heterocycles. The SMILES string of the molecule is OC[C@H]1O[C@@H](OCCN(c2ccccn2)c2ccccn2)[C@H](O)[C@@H](O)[C@@H]1O. The fraction of sp³-hybridized carbons (Fsp3) is 0.444. The van der Waals surface area contributed by atoms with Crippen LogP contribution in [0.15, 0.2) is 48.8 Å². The second kappa shape index (κ2) is 9.18. The van der Waals surface area contributed by atoms with E-state index in [2.05, 4.69) is 9.97 Å². The third-order valence-corrected chi connectivity index (χ3v) is 4.30. The molecule has 5 atom stereocenters. The quantitative estimate of drug-likeness (QED) is 0.501. The molecule has 0 spiro atoms. The van der Waals surface area contributed by atoms with E-state index >= 15 is 0 Å². The lowest BCUT2D eigenvalue weighted by Crippen LogP contribution is -2.59. The molecule has 0 aliphatic carbocycles. The van der Waals surface area contributed by atoms with Crippen molar-refractivity contribution in [2.45, 2.75) is 30.7 Å². The highest BCUT2D eigenvalue weighted by atomic mass is 16.7. The van der Waals surface area contributed by atoms with E-state index in [0.717, 1.165) is 0 Å². The molecule has 0 saturated carbocycles. The van der Waals surface area contributed by atoms with Crippen molar-refractivity contribution in [3.05, 3.63) is 48.8 Å². The second-order valence-corrected chi connectivity index (χ2v) is 6.10. The molecule has 27 heavy (non-hydrogen) atoms. The predicted octanol–water partition coefficient (Wildman–Crippen LogP) is -0.569.